The number of halogens is 1. The molecule has 722 valence electrons. The maximum absolute atomic E-state index is 13.6. The number of allylic oxidation sites excluding steroid dienone is 4. The van der Waals surface area contributed by atoms with Gasteiger partial charge in [-0.15, -0.1) is 0 Å². The van der Waals surface area contributed by atoms with E-state index < -0.39 is 129 Å². The van der Waals surface area contributed by atoms with Crippen molar-refractivity contribution in [2.24, 2.45) is 10.9 Å². The number of nitrogens with one attached hydrogen (secondary N) is 5. The van der Waals surface area contributed by atoms with E-state index >= 15 is 0 Å². The van der Waals surface area contributed by atoms with Crippen molar-refractivity contribution in [2.45, 2.75) is 101 Å². The molecule has 8 aliphatic rings. The van der Waals surface area contributed by atoms with Crippen LogP contribution in [0.1, 0.15) is 73.3 Å². The highest BCUT2D eigenvalue weighted by Crippen LogP contribution is 2.47. The number of sulfonamides is 10. The van der Waals surface area contributed by atoms with E-state index in [2.05, 4.69) is 41.5 Å². The third-order valence-corrected chi connectivity index (χ3v) is 43.8. The van der Waals surface area contributed by atoms with Crippen LogP contribution in [0.5, 0.6) is 0 Å². The molecule has 0 unspecified atom stereocenters. The van der Waals surface area contributed by atoms with Crippen molar-refractivity contribution in [2.75, 3.05) is 45.1 Å². The van der Waals surface area contributed by atoms with Crippen LogP contribution >= 0.6 is 0 Å². The SMILES string of the molecule is C.O=C(Nc1ccc(N2S(=O)(=O)c3ccccc3S2(=O)=O)cc1)C1=CCC=N1.O=C(Nc1ccc(N2S(=O)(=O)c3ccccc3S2(=O)=O)cc1)C1CCCCC1.O=C(Nc1ccc(N2S(=O)(=O)c3ccccc3S2(=O)=O)cc1)c1ccccn1.O=C(Nc1ccc(N2S(=O)(=O)c3ccccc3S2(=O)=O)cc1)c1ncccc1F.O=C(Nc1cccc(N2S(=O)(=O)c3ccccc3S2(=O)=O)c1)C1=CC=CC1. The fraction of sp³-hybridized carbons (Fsp3) is 0.0989. The second-order valence-electron chi connectivity index (χ2n) is 30.7. The summed E-state index contributed by atoms with van der Waals surface area (Å²) in [5.74, 6) is -2.83. The number of amides is 5. The smallest absolute Gasteiger partial charge is 0.279 e. The van der Waals surface area contributed by atoms with Gasteiger partial charge in [0.15, 0.2) is 11.5 Å². The molecule has 5 N–H and O–H groups in total. The summed E-state index contributed by atoms with van der Waals surface area (Å²) < 4.78 is 270. The molecule has 20 rings (SSSR count). The molecule has 0 radical (unpaired) electrons. The van der Waals surface area contributed by atoms with Gasteiger partial charge in [-0.3, -0.25) is 33.9 Å². The molecular formula is C91H76FN13O25S10. The van der Waals surface area contributed by atoms with Gasteiger partial charge in [0, 0.05) is 65.0 Å². The Morgan fingerprint density at radius 2 is 0.643 bits per heavy atom. The van der Waals surface area contributed by atoms with Crippen molar-refractivity contribution in [1.29, 1.82) is 0 Å². The van der Waals surface area contributed by atoms with E-state index in [1.54, 1.807) is 48.7 Å². The summed E-state index contributed by atoms with van der Waals surface area (Å²) in [5, 5.41) is 13.1. The van der Waals surface area contributed by atoms with Crippen molar-refractivity contribution in [3.63, 3.8) is 0 Å². The average molecular weight is 2090 g/mol. The number of pyridine rings is 2. The average Bonchev–Trinajstić information content (AvgIpc) is 1.58. The van der Waals surface area contributed by atoms with Crippen LogP contribution in [0, 0.1) is 11.7 Å². The van der Waals surface area contributed by atoms with Gasteiger partial charge in [-0.05, 0) is 226 Å². The van der Waals surface area contributed by atoms with Crippen molar-refractivity contribution >= 4 is 193 Å². The first-order valence-corrected chi connectivity index (χ1v) is 55.5. The number of benzene rings is 10. The quantitative estimate of drug-likeness (QED) is 0.0636. The van der Waals surface area contributed by atoms with Crippen LogP contribution < -0.4 is 45.1 Å². The number of nitrogens with zero attached hydrogens (tertiary/aromatic N) is 8. The Morgan fingerprint density at radius 3 is 0.971 bits per heavy atom. The first-order chi connectivity index (χ1) is 66.0. The number of carbonyl (C=O) groups excluding carboxylic acids is 5. The lowest BCUT2D eigenvalue weighted by molar-refractivity contribution is -0.120. The Labute approximate surface area is 804 Å². The molecule has 0 bridgehead atoms. The van der Waals surface area contributed by atoms with E-state index in [-0.39, 0.29) is 114 Å². The zero-order valence-corrected chi connectivity index (χ0v) is 79.5. The van der Waals surface area contributed by atoms with Crippen molar-refractivity contribution in [3.8, 4) is 0 Å². The Kier molecular flexibility index (Phi) is 27.7. The molecule has 38 nitrogen and oxygen atoms in total. The predicted molar refractivity (Wildman–Crippen MR) is 515 cm³/mol. The largest absolute Gasteiger partial charge is 0.326 e. The summed E-state index contributed by atoms with van der Waals surface area (Å²) in [7, 11) is -42.4. The normalized spacial score (nSPS) is 18.0. The lowest BCUT2D eigenvalue weighted by atomic mass is 9.88. The van der Waals surface area contributed by atoms with Gasteiger partial charge in [-0.25, -0.2) is 9.37 Å². The molecule has 49 heteroatoms. The minimum absolute atomic E-state index is 0. The van der Waals surface area contributed by atoms with Gasteiger partial charge in [0.25, 0.3) is 124 Å². The number of rotatable bonds is 15. The summed E-state index contributed by atoms with van der Waals surface area (Å²) >= 11 is 0. The fourth-order valence-corrected chi connectivity index (χ4v) is 37.5. The van der Waals surface area contributed by atoms with Gasteiger partial charge < -0.3 is 26.6 Å². The molecule has 1 fully saturated rings. The first-order valence-electron chi connectivity index (χ1n) is 41.1. The second-order valence-corrected chi connectivity index (χ2v) is 49.4. The third kappa shape index (κ3) is 19.0. The Hall–Kier alpha value is -14.8. The topological polar surface area (TPSA) is 541 Å². The lowest BCUT2D eigenvalue weighted by Gasteiger charge is -2.21. The third-order valence-electron chi connectivity index (χ3n) is 21.7. The van der Waals surface area contributed by atoms with Crippen LogP contribution in [-0.4, -0.2) is 130 Å². The van der Waals surface area contributed by atoms with Gasteiger partial charge in [0.2, 0.25) is 5.91 Å². The van der Waals surface area contributed by atoms with E-state index in [0.717, 1.165) is 38.2 Å². The molecule has 0 spiro atoms. The number of anilines is 10. The minimum atomic E-state index is -4.29. The maximum Gasteiger partial charge on any atom is 0.279 e. The minimum Gasteiger partial charge on any atom is -0.326 e. The van der Waals surface area contributed by atoms with Gasteiger partial charge in [0.1, 0.15) is 60.3 Å². The number of carbonyl (C=O) groups is 5. The number of aromatic nitrogens is 2. The van der Waals surface area contributed by atoms with E-state index in [0.29, 0.717) is 65.4 Å². The number of aliphatic imine (C=N–C) groups is 1. The lowest BCUT2D eigenvalue weighted by Crippen LogP contribution is -2.30. The molecular weight excluding hydrogens is 2010 g/mol. The second kappa shape index (κ2) is 38.9. The van der Waals surface area contributed by atoms with Crippen LogP contribution in [0.15, 0.2) is 375 Å². The number of hydrogen-bond donors (Lipinski definition) is 5. The highest BCUT2D eigenvalue weighted by molar-refractivity contribution is 8.15. The summed E-state index contributed by atoms with van der Waals surface area (Å²) in [5.41, 5.74) is 2.15. The monoisotopic (exact) mass is 2090 g/mol. The van der Waals surface area contributed by atoms with Crippen molar-refractivity contribution < 1.29 is 113 Å². The number of fused-ring (bicyclic) bond motifs is 5. The summed E-state index contributed by atoms with van der Waals surface area (Å²) in [6.07, 6.45) is 17.4. The van der Waals surface area contributed by atoms with Crippen LogP contribution in [0.25, 0.3) is 0 Å². The molecule has 140 heavy (non-hydrogen) atoms. The van der Waals surface area contributed by atoms with Crippen LogP contribution in [-0.2, 0) is 115 Å². The molecule has 8 heterocycles. The van der Waals surface area contributed by atoms with Crippen LogP contribution in [0.3, 0.4) is 0 Å². The fourth-order valence-electron chi connectivity index (χ4n) is 15.3. The highest BCUT2D eigenvalue weighted by atomic mass is 32.3. The zero-order chi connectivity index (χ0) is 99.2. The van der Waals surface area contributed by atoms with Gasteiger partial charge >= 0.3 is 0 Å². The molecule has 2 aromatic heterocycles. The molecule has 1 saturated carbocycles. The molecule has 0 saturated heterocycles. The molecule has 12 aromatic rings. The summed E-state index contributed by atoms with van der Waals surface area (Å²) in [6, 6.07) is 62.1. The van der Waals surface area contributed by atoms with Crippen LogP contribution in [0.2, 0.25) is 0 Å². The van der Waals surface area contributed by atoms with E-state index in [1.807, 2.05) is 6.08 Å². The maximum atomic E-state index is 13.6. The molecule has 2 aliphatic carbocycles. The van der Waals surface area contributed by atoms with E-state index in [4.69, 9.17) is 0 Å². The first kappa shape index (κ1) is 99.6. The molecule has 10 aromatic carbocycles. The Bertz CT molecular complexity index is 8200. The summed E-state index contributed by atoms with van der Waals surface area (Å²) in [6.45, 7) is 0. The van der Waals surface area contributed by atoms with Crippen molar-refractivity contribution in [3.05, 3.63) is 338 Å². The van der Waals surface area contributed by atoms with E-state index in [9.17, 15) is 113 Å². The predicted octanol–water partition coefficient (Wildman–Crippen LogP) is 12.6. The highest BCUT2D eigenvalue weighted by Gasteiger charge is 2.52. The Morgan fingerprint density at radius 1 is 0.314 bits per heavy atom. The standard InChI is InChI=1S/C19H20N2O5S2.C18H12FN3O5S2.C18H13N3O5S2.C18H14N2O5S2.C17H13N3O5S2.CH4/c22-19(14-6-2-1-3-7-14)20-15-10-12-16(13-11-15)21-27(23,24)17-8-4-5-9-18(17)28(21,25)26;19-14-4-3-11-20-17(14)18(23)21-12-7-9-13(10-8-12)22-28(24,25)15-5-1-2-6-16(15)29(22,26)27;22-18(15-5-3-4-12-19-15)20-13-8-10-14(11-9-13)21-27(23,24)16-6-1-2-7-17(16)28(21,25)26;21-18(13-6-1-2-7-13)19-14-8-5-9-15(12-14)20-26(22,23)16-10-3-4-11-17(16)27(20,24)25;21-17(14-4-3-11-18-14)19-12-7-9-13(10-8-12)20-26(22,23)15-5-1-2-6-16(15)27(20,24)25;/h4-5,8-14H,1-3,6-7H2,(H,20,22);1-11H,(H,21,23);1-12H,(H,20,22);1-6,8-12H,7H2,(H,19,21);1-2,4-11H,3H2,(H,19,21);1H4. The number of hydrogen-bond acceptors (Lipinski definition) is 28. The molecule has 0 atom stereocenters. The van der Waals surface area contributed by atoms with Gasteiger partial charge in [-0.1, -0.05) is 118 Å². The molecule has 6 aliphatic heterocycles. The van der Waals surface area contributed by atoms with Crippen LogP contribution in [0.4, 0.5) is 61.3 Å². The summed E-state index contributed by atoms with van der Waals surface area (Å²) in [4.78, 5) is 69.7. The molecule has 5 amide bonds. The van der Waals surface area contributed by atoms with E-state index in [1.165, 1.54) is 255 Å². The van der Waals surface area contributed by atoms with Gasteiger partial charge in [0.05, 0.1) is 28.4 Å². The van der Waals surface area contributed by atoms with Gasteiger partial charge in [-0.2, -0.15) is 103 Å². The van der Waals surface area contributed by atoms with Crippen molar-refractivity contribution in [1.82, 2.24) is 9.97 Å². The zero-order valence-electron chi connectivity index (χ0n) is 71.3. The Balaban J connectivity index is 0.000000132.